The Bertz CT molecular complexity index is 540. The lowest BCUT2D eigenvalue weighted by Gasteiger charge is -2.33. The molecular weight excluding hydrogens is 250 g/mol. The number of pyridine rings is 1. The van der Waals surface area contributed by atoms with Gasteiger partial charge >= 0.3 is 0 Å². The minimum absolute atomic E-state index is 0.545. The molecule has 1 atom stereocenters. The van der Waals surface area contributed by atoms with Crippen LogP contribution in [0.1, 0.15) is 12.8 Å². The number of hydrogen-bond acceptors (Lipinski definition) is 5. The van der Waals surface area contributed by atoms with Gasteiger partial charge in [0.15, 0.2) is 5.82 Å². The maximum Gasteiger partial charge on any atom is 0.151 e. The molecule has 1 N–H and O–H groups in total. The number of rotatable bonds is 3. The second-order valence-corrected chi connectivity index (χ2v) is 5.09. The summed E-state index contributed by atoms with van der Waals surface area (Å²) >= 11 is 0. The third kappa shape index (κ3) is 2.77. The van der Waals surface area contributed by atoms with Gasteiger partial charge in [-0.05, 0) is 44.2 Å². The van der Waals surface area contributed by atoms with Gasteiger partial charge < -0.3 is 10.2 Å². The van der Waals surface area contributed by atoms with Crippen LogP contribution < -0.4 is 10.2 Å². The Morgan fingerprint density at radius 2 is 2.20 bits per heavy atom. The highest BCUT2D eigenvalue weighted by atomic mass is 15.3. The minimum atomic E-state index is 0.545. The van der Waals surface area contributed by atoms with E-state index in [1.165, 1.54) is 12.8 Å². The molecule has 1 aliphatic heterocycles. The first-order valence-corrected chi connectivity index (χ1v) is 7.03. The van der Waals surface area contributed by atoms with Crippen LogP contribution in [0, 0.1) is 0 Å². The molecular formula is C15H19N5. The first-order chi connectivity index (χ1) is 9.86. The zero-order valence-electron chi connectivity index (χ0n) is 11.7. The molecule has 0 aromatic carbocycles. The first-order valence-electron chi connectivity index (χ1n) is 7.03. The Hall–Kier alpha value is -2.01. The summed E-state index contributed by atoms with van der Waals surface area (Å²) < 4.78 is 0. The Morgan fingerprint density at radius 3 is 2.90 bits per heavy atom. The van der Waals surface area contributed by atoms with Gasteiger partial charge in [0.05, 0.1) is 5.69 Å². The van der Waals surface area contributed by atoms with E-state index in [1.807, 2.05) is 37.5 Å². The third-order valence-electron chi connectivity index (χ3n) is 3.76. The zero-order valence-corrected chi connectivity index (χ0v) is 11.7. The molecule has 3 rings (SSSR count). The van der Waals surface area contributed by atoms with E-state index in [0.717, 1.165) is 30.2 Å². The smallest absolute Gasteiger partial charge is 0.151 e. The van der Waals surface area contributed by atoms with Gasteiger partial charge in [-0.3, -0.25) is 4.98 Å². The highest BCUT2D eigenvalue weighted by molar-refractivity contribution is 5.58. The van der Waals surface area contributed by atoms with Crippen molar-refractivity contribution in [2.45, 2.75) is 18.9 Å². The van der Waals surface area contributed by atoms with E-state index in [0.29, 0.717) is 6.04 Å². The molecule has 1 saturated heterocycles. The molecule has 0 radical (unpaired) electrons. The second-order valence-electron chi connectivity index (χ2n) is 5.09. The molecule has 0 amide bonds. The summed E-state index contributed by atoms with van der Waals surface area (Å²) in [6.45, 7) is 2.05. The SMILES string of the molecule is CNC1CCCN(c2ccc(-c3cccnc3)nn2)C1. The van der Waals surface area contributed by atoms with Gasteiger partial charge in [-0.1, -0.05) is 0 Å². The van der Waals surface area contributed by atoms with Crippen LogP contribution in [0.25, 0.3) is 11.3 Å². The van der Waals surface area contributed by atoms with Crippen LogP contribution in [0.2, 0.25) is 0 Å². The molecule has 0 aliphatic carbocycles. The summed E-state index contributed by atoms with van der Waals surface area (Å²) in [7, 11) is 2.02. The fourth-order valence-electron chi connectivity index (χ4n) is 2.58. The molecule has 0 spiro atoms. The number of nitrogens with one attached hydrogen (secondary N) is 1. The predicted molar refractivity (Wildman–Crippen MR) is 79.6 cm³/mol. The van der Waals surface area contributed by atoms with Gasteiger partial charge in [-0.25, -0.2) is 0 Å². The van der Waals surface area contributed by atoms with E-state index in [2.05, 4.69) is 25.4 Å². The Kier molecular flexibility index (Phi) is 3.87. The fourth-order valence-corrected chi connectivity index (χ4v) is 2.58. The lowest BCUT2D eigenvalue weighted by Crippen LogP contribution is -2.44. The van der Waals surface area contributed by atoms with Crippen molar-refractivity contribution >= 4 is 5.82 Å². The Balaban J connectivity index is 1.76. The summed E-state index contributed by atoms with van der Waals surface area (Å²) in [5.74, 6) is 0.956. The summed E-state index contributed by atoms with van der Waals surface area (Å²) in [6.07, 6.45) is 5.99. The lowest BCUT2D eigenvalue weighted by molar-refractivity contribution is 0.447. The number of hydrogen-bond donors (Lipinski definition) is 1. The van der Waals surface area contributed by atoms with Crippen molar-refractivity contribution in [2.24, 2.45) is 0 Å². The monoisotopic (exact) mass is 269 g/mol. The molecule has 0 bridgehead atoms. The van der Waals surface area contributed by atoms with E-state index in [-0.39, 0.29) is 0 Å². The lowest BCUT2D eigenvalue weighted by atomic mass is 10.1. The Morgan fingerprint density at radius 1 is 1.25 bits per heavy atom. The largest absolute Gasteiger partial charge is 0.354 e. The van der Waals surface area contributed by atoms with Crippen LogP contribution in [0.15, 0.2) is 36.7 Å². The van der Waals surface area contributed by atoms with Crippen LogP contribution in [0.3, 0.4) is 0 Å². The minimum Gasteiger partial charge on any atom is -0.354 e. The van der Waals surface area contributed by atoms with E-state index in [9.17, 15) is 0 Å². The van der Waals surface area contributed by atoms with Gasteiger partial charge in [-0.2, -0.15) is 0 Å². The molecule has 0 saturated carbocycles. The molecule has 5 heteroatoms. The summed E-state index contributed by atoms with van der Waals surface area (Å²) in [5, 5.41) is 12.0. The van der Waals surface area contributed by atoms with E-state index in [1.54, 1.807) is 6.20 Å². The molecule has 1 fully saturated rings. The zero-order chi connectivity index (χ0) is 13.8. The van der Waals surface area contributed by atoms with Crippen molar-refractivity contribution < 1.29 is 0 Å². The Labute approximate surface area is 119 Å². The second kappa shape index (κ2) is 5.96. The van der Waals surface area contributed by atoms with Crippen molar-refractivity contribution in [3.8, 4) is 11.3 Å². The van der Waals surface area contributed by atoms with Crippen molar-refractivity contribution in [3.63, 3.8) is 0 Å². The van der Waals surface area contributed by atoms with Gasteiger partial charge in [0.25, 0.3) is 0 Å². The molecule has 2 aromatic rings. The first kappa shape index (κ1) is 13.0. The maximum absolute atomic E-state index is 4.37. The van der Waals surface area contributed by atoms with Crippen molar-refractivity contribution in [1.29, 1.82) is 0 Å². The van der Waals surface area contributed by atoms with Gasteiger partial charge in [-0.15, -0.1) is 10.2 Å². The number of anilines is 1. The molecule has 20 heavy (non-hydrogen) atoms. The van der Waals surface area contributed by atoms with E-state index < -0.39 is 0 Å². The van der Waals surface area contributed by atoms with Crippen molar-refractivity contribution in [1.82, 2.24) is 20.5 Å². The average molecular weight is 269 g/mol. The summed E-state index contributed by atoms with van der Waals surface area (Å²) in [4.78, 5) is 6.40. The highest BCUT2D eigenvalue weighted by Gasteiger charge is 2.19. The topological polar surface area (TPSA) is 53.9 Å². The van der Waals surface area contributed by atoms with E-state index >= 15 is 0 Å². The maximum atomic E-state index is 4.37. The number of likely N-dealkylation sites (N-methyl/N-ethyl adjacent to an activating group) is 1. The molecule has 104 valence electrons. The van der Waals surface area contributed by atoms with Crippen molar-refractivity contribution in [3.05, 3.63) is 36.7 Å². The predicted octanol–water partition coefficient (Wildman–Crippen LogP) is 1.73. The van der Waals surface area contributed by atoms with Gasteiger partial charge in [0.1, 0.15) is 0 Å². The summed E-state index contributed by atoms with van der Waals surface area (Å²) in [5.41, 5.74) is 1.86. The normalized spacial score (nSPS) is 19.1. The van der Waals surface area contributed by atoms with E-state index in [4.69, 9.17) is 0 Å². The number of nitrogens with zero attached hydrogens (tertiary/aromatic N) is 4. The number of piperidine rings is 1. The van der Waals surface area contributed by atoms with Crippen LogP contribution in [0.5, 0.6) is 0 Å². The summed E-state index contributed by atoms with van der Waals surface area (Å²) in [6, 6.07) is 8.51. The molecule has 1 unspecified atom stereocenters. The van der Waals surface area contributed by atoms with Crippen LogP contribution in [-0.4, -0.2) is 41.4 Å². The average Bonchev–Trinajstić information content (AvgIpc) is 2.56. The molecule has 3 heterocycles. The fraction of sp³-hybridized carbons (Fsp3) is 0.400. The van der Waals surface area contributed by atoms with Crippen molar-refractivity contribution in [2.75, 3.05) is 25.0 Å². The third-order valence-corrected chi connectivity index (χ3v) is 3.76. The molecule has 2 aromatic heterocycles. The van der Waals surface area contributed by atoms with Crippen LogP contribution in [0.4, 0.5) is 5.82 Å². The number of aromatic nitrogens is 3. The van der Waals surface area contributed by atoms with Gasteiger partial charge in [0, 0.05) is 37.1 Å². The quantitative estimate of drug-likeness (QED) is 0.919. The molecule has 5 nitrogen and oxygen atoms in total. The van der Waals surface area contributed by atoms with Gasteiger partial charge in [0.2, 0.25) is 0 Å². The standard InChI is InChI=1S/C15H19N5/c1-16-13-5-3-9-20(11-13)15-7-6-14(18-19-15)12-4-2-8-17-10-12/h2,4,6-8,10,13,16H,3,5,9,11H2,1H3. The van der Waals surface area contributed by atoms with Crippen LogP contribution >= 0.6 is 0 Å². The highest BCUT2D eigenvalue weighted by Crippen LogP contribution is 2.20. The van der Waals surface area contributed by atoms with Crippen LogP contribution in [-0.2, 0) is 0 Å². The molecule has 1 aliphatic rings.